The lowest BCUT2D eigenvalue weighted by molar-refractivity contribution is 0.155. The van der Waals surface area contributed by atoms with Gasteiger partial charge in [0.15, 0.2) is 5.82 Å². The summed E-state index contributed by atoms with van der Waals surface area (Å²) in [7, 11) is 0. The van der Waals surface area contributed by atoms with Crippen molar-refractivity contribution in [2.24, 2.45) is 0 Å². The molecule has 63 valence electrons. The number of rotatable bonds is 2. The Hall–Kier alpha value is -1.58. The van der Waals surface area contributed by atoms with Crippen molar-refractivity contribution in [1.29, 1.82) is 0 Å². The smallest absolute Gasteiger partial charge is 0.435 e. The fraction of sp³-hybridized carbons (Fsp3) is 0.250. The Kier molecular flexibility index (Phi) is 3.07. The third kappa shape index (κ3) is 2.57. The normalized spacial score (nSPS) is 9.08. The molecule has 1 aromatic rings. The number of hydrogen-bond acceptors (Lipinski definition) is 3. The molecule has 1 amide bonds. The molecule has 0 fully saturated rings. The minimum absolute atomic E-state index is 0.329. The lowest BCUT2D eigenvalue weighted by Gasteiger charge is -1.99. The quantitative estimate of drug-likeness (QED) is 0.666. The van der Waals surface area contributed by atoms with Gasteiger partial charge in [-0.15, -0.1) is 0 Å². The van der Waals surface area contributed by atoms with Crippen molar-refractivity contribution < 1.29 is 9.53 Å². The van der Waals surface area contributed by atoms with E-state index in [0.29, 0.717) is 12.4 Å². The van der Waals surface area contributed by atoms with Crippen LogP contribution in [0.1, 0.15) is 6.92 Å². The average molecular weight is 165 g/mol. The minimum atomic E-state index is -0.601. The van der Waals surface area contributed by atoms with E-state index in [1.54, 1.807) is 31.3 Å². The van der Waals surface area contributed by atoms with Gasteiger partial charge in [0.1, 0.15) is 0 Å². The molecule has 0 aromatic carbocycles. The molecule has 0 spiro atoms. The van der Waals surface area contributed by atoms with Crippen LogP contribution in [-0.2, 0) is 4.74 Å². The Morgan fingerprint density at radius 1 is 1.67 bits per heavy atom. The van der Waals surface area contributed by atoms with Gasteiger partial charge in [-0.1, -0.05) is 6.07 Å². The molecule has 4 heteroatoms. The van der Waals surface area contributed by atoms with Crippen LogP contribution in [0.4, 0.5) is 10.6 Å². The van der Waals surface area contributed by atoms with Gasteiger partial charge < -0.3 is 4.74 Å². The lowest BCUT2D eigenvalue weighted by Crippen LogP contribution is -2.12. The van der Waals surface area contributed by atoms with Crippen LogP contribution in [-0.4, -0.2) is 17.7 Å². The number of aromatic nitrogens is 1. The van der Waals surface area contributed by atoms with E-state index in [1.807, 2.05) is 0 Å². The van der Waals surface area contributed by atoms with Crippen LogP contribution in [0.3, 0.4) is 0 Å². The molecule has 4 nitrogen and oxygen atoms in total. The molecule has 12 heavy (non-hydrogen) atoms. The highest BCUT2D eigenvalue weighted by Crippen LogP contribution is 2.00. The molecule has 0 aliphatic rings. The molecule has 0 unspecified atom stereocenters. The Labute approximate surface area is 70.6 Å². The molecule has 1 rings (SSSR count). The predicted molar refractivity (Wildman–Crippen MR) is 43.1 cm³/mol. The van der Waals surface area contributed by atoms with Crippen LogP contribution in [0.25, 0.3) is 0 Å². The average Bonchev–Trinajstić information content (AvgIpc) is 2.06. The summed E-state index contributed by atoms with van der Waals surface area (Å²) >= 11 is 0. The maximum absolute atomic E-state index is 10.8. The van der Waals surface area contributed by atoms with Crippen molar-refractivity contribution in [3.05, 3.63) is 24.4 Å². The first kappa shape index (κ1) is 8.52. The van der Waals surface area contributed by atoms with Gasteiger partial charge in [0, 0.05) is 6.20 Å². The summed E-state index contributed by atoms with van der Waals surface area (Å²) in [5.74, 6) is 0.371. The van der Waals surface area contributed by atoms with Gasteiger partial charge in [-0.3, -0.25) is 0 Å². The lowest BCUT2D eigenvalue weighted by atomic mass is 10.5. The SMILES string of the molecule is CCOC(=O)[N]c1ccccn1. The molecular formula is C8H9N2O2. The Morgan fingerprint density at radius 2 is 2.50 bits per heavy atom. The topological polar surface area (TPSA) is 53.3 Å². The van der Waals surface area contributed by atoms with Crippen molar-refractivity contribution in [3.63, 3.8) is 0 Å². The molecule has 1 aromatic heterocycles. The van der Waals surface area contributed by atoms with E-state index < -0.39 is 6.09 Å². The van der Waals surface area contributed by atoms with Crippen LogP contribution in [0.2, 0.25) is 0 Å². The number of nitrogens with zero attached hydrogens (tertiary/aromatic N) is 2. The maximum atomic E-state index is 10.8. The van der Waals surface area contributed by atoms with Crippen LogP contribution < -0.4 is 5.32 Å². The van der Waals surface area contributed by atoms with Crippen molar-refractivity contribution in [2.75, 3.05) is 6.61 Å². The maximum Gasteiger partial charge on any atom is 0.435 e. The molecule has 0 bridgehead atoms. The van der Waals surface area contributed by atoms with E-state index in [1.165, 1.54) is 0 Å². The highest BCUT2D eigenvalue weighted by atomic mass is 16.5. The monoisotopic (exact) mass is 165 g/mol. The van der Waals surface area contributed by atoms with Gasteiger partial charge in [0.05, 0.1) is 6.61 Å². The second kappa shape index (κ2) is 4.33. The van der Waals surface area contributed by atoms with Crippen molar-refractivity contribution in [1.82, 2.24) is 10.3 Å². The zero-order valence-electron chi connectivity index (χ0n) is 6.73. The molecule has 0 saturated heterocycles. The molecule has 0 aliphatic carbocycles. The van der Waals surface area contributed by atoms with E-state index in [-0.39, 0.29) is 0 Å². The fourth-order valence-electron chi connectivity index (χ4n) is 0.669. The summed E-state index contributed by atoms with van der Waals surface area (Å²) in [4.78, 5) is 14.6. The van der Waals surface area contributed by atoms with Gasteiger partial charge in [-0.05, 0) is 19.1 Å². The third-order valence-electron chi connectivity index (χ3n) is 1.12. The summed E-state index contributed by atoms with van der Waals surface area (Å²) in [5.41, 5.74) is 0. The molecule has 1 radical (unpaired) electrons. The largest absolute Gasteiger partial charge is 0.448 e. The van der Waals surface area contributed by atoms with Gasteiger partial charge in [-0.2, -0.15) is 5.32 Å². The van der Waals surface area contributed by atoms with Crippen LogP contribution in [0.15, 0.2) is 24.4 Å². The molecular weight excluding hydrogens is 156 g/mol. The van der Waals surface area contributed by atoms with Crippen LogP contribution in [0, 0.1) is 0 Å². The Morgan fingerprint density at radius 3 is 3.08 bits per heavy atom. The summed E-state index contributed by atoms with van der Waals surface area (Å²) in [6, 6.07) is 5.14. The first-order valence-corrected chi connectivity index (χ1v) is 3.62. The number of pyridine rings is 1. The first-order chi connectivity index (χ1) is 5.83. The number of ether oxygens (including phenoxy) is 1. The summed E-state index contributed by atoms with van der Waals surface area (Å²) < 4.78 is 4.60. The highest BCUT2D eigenvalue weighted by Gasteiger charge is 2.03. The molecule has 0 atom stereocenters. The van der Waals surface area contributed by atoms with Crippen molar-refractivity contribution in [3.8, 4) is 0 Å². The Balaban J connectivity index is 2.47. The highest BCUT2D eigenvalue weighted by molar-refractivity contribution is 5.71. The zero-order chi connectivity index (χ0) is 8.81. The minimum Gasteiger partial charge on any atom is -0.448 e. The van der Waals surface area contributed by atoms with Gasteiger partial charge >= 0.3 is 6.09 Å². The standard InChI is InChI=1S/C8H9N2O2/c1-2-12-8(11)10-7-5-3-4-6-9-7/h3-6H,2H2,1H3. The summed E-state index contributed by atoms with van der Waals surface area (Å²) in [6.45, 7) is 2.06. The number of hydrogen-bond donors (Lipinski definition) is 0. The van der Waals surface area contributed by atoms with E-state index in [2.05, 4.69) is 15.0 Å². The molecule has 0 aliphatic heterocycles. The first-order valence-electron chi connectivity index (χ1n) is 3.62. The van der Waals surface area contributed by atoms with Gasteiger partial charge in [0.2, 0.25) is 0 Å². The van der Waals surface area contributed by atoms with E-state index in [0.717, 1.165) is 0 Å². The number of amides is 1. The summed E-state index contributed by atoms with van der Waals surface area (Å²) in [6.07, 6.45) is 0.967. The summed E-state index contributed by atoms with van der Waals surface area (Å²) in [5, 5.41) is 3.58. The fourth-order valence-corrected chi connectivity index (χ4v) is 0.669. The molecule has 0 saturated carbocycles. The van der Waals surface area contributed by atoms with Gasteiger partial charge in [-0.25, -0.2) is 9.78 Å². The van der Waals surface area contributed by atoms with Crippen molar-refractivity contribution in [2.45, 2.75) is 6.92 Å². The van der Waals surface area contributed by atoms with E-state index in [4.69, 9.17) is 0 Å². The molecule has 0 N–H and O–H groups in total. The van der Waals surface area contributed by atoms with Crippen molar-refractivity contribution >= 4 is 11.9 Å². The second-order valence-corrected chi connectivity index (χ2v) is 2.00. The van der Waals surface area contributed by atoms with Crippen LogP contribution in [0.5, 0.6) is 0 Å². The Bertz CT molecular complexity index is 248. The number of carbonyl (C=O) groups excluding carboxylic acids is 1. The predicted octanol–water partition coefficient (Wildman–Crippen LogP) is 1.47. The second-order valence-electron chi connectivity index (χ2n) is 2.00. The van der Waals surface area contributed by atoms with Crippen LogP contribution >= 0.6 is 0 Å². The zero-order valence-corrected chi connectivity index (χ0v) is 6.73. The van der Waals surface area contributed by atoms with Gasteiger partial charge in [0.25, 0.3) is 0 Å². The third-order valence-corrected chi connectivity index (χ3v) is 1.12. The number of carbonyl (C=O) groups is 1. The van der Waals surface area contributed by atoms with E-state index in [9.17, 15) is 4.79 Å². The molecule has 1 heterocycles. The van der Waals surface area contributed by atoms with E-state index >= 15 is 0 Å².